The van der Waals surface area contributed by atoms with Crippen molar-refractivity contribution in [3.8, 4) is 0 Å². The summed E-state index contributed by atoms with van der Waals surface area (Å²) in [7, 11) is 1.61. The fourth-order valence-corrected chi connectivity index (χ4v) is 3.98. The van der Waals surface area contributed by atoms with Crippen LogP contribution in [0.15, 0.2) is 18.3 Å². The molecule has 1 amide bonds. The number of carbonyl (C=O) groups excluding carboxylic acids is 1. The van der Waals surface area contributed by atoms with Gasteiger partial charge in [-0.1, -0.05) is 5.21 Å². The van der Waals surface area contributed by atoms with Gasteiger partial charge in [-0.25, -0.2) is 4.68 Å². The van der Waals surface area contributed by atoms with Crippen molar-refractivity contribution in [3.63, 3.8) is 0 Å². The van der Waals surface area contributed by atoms with Crippen molar-refractivity contribution >= 4 is 17.2 Å². The normalized spacial score (nSPS) is 16.2. The van der Waals surface area contributed by atoms with Crippen LogP contribution in [0.3, 0.4) is 0 Å². The average Bonchev–Trinajstić information content (AvgIpc) is 3.25. The predicted molar refractivity (Wildman–Crippen MR) is 96.8 cm³/mol. The SMILES string of the molecule is COCCNC(=O)c1cn(C2CCN(Cc3ccc(C)s3)CC2)nn1. The van der Waals surface area contributed by atoms with E-state index in [4.69, 9.17) is 4.74 Å². The highest BCUT2D eigenvalue weighted by molar-refractivity contribution is 7.11. The maximum absolute atomic E-state index is 12.0. The predicted octanol–water partition coefficient (Wildman–Crippen LogP) is 1.86. The molecule has 3 heterocycles. The molecule has 136 valence electrons. The summed E-state index contributed by atoms with van der Waals surface area (Å²) >= 11 is 1.87. The highest BCUT2D eigenvalue weighted by atomic mass is 32.1. The maximum atomic E-state index is 12.0. The minimum absolute atomic E-state index is 0.200. The monoisotopic (exact) mass is 363 g/mol. The molecule has 0 aliphatic carbocycles. The van der Waals surface area contributed by atoms with E-state index in [1.807, 2.05) is 16.0 Å². The van der Waals surface area contributed by atoms with Gasteiger partial charge >= 0.3 is 0 Å². The third-order valence-electron chi connectivity index (χ3n) is 4.44. The number of amides is 1. The van der Waals surface area contributed by atoms with E-state index in [1.165, 1.54) is 9.75 Å². The van der Waals surface area contributed by atoms with Gasteiger partial charge < -0.3 is 10.1 Å². The second-order valence-corrected chi connectivity index (χ2v) is 7.72. The van der Waals surface area contributed by atoms with Gasteiger partial charge in [-0.3, -0.25) is 9.69 Å². The summed E-state index contributed by atoms with van der Waals surface area (Å²) in [6.45, 7) is 6.21. The number of hydrogen-bond donors (Lipinski definition) is 1. The first-order valence-electron chi connectivity index (χ1n) is 8.62. The number of thiophene rings is 1. The van der Waals surface area contributed by atoms with Crippen molar-refractivity contribution in [3.05, 3.63) is 33.8 Å². The number of carbonyl (C=O) groups is 1. The highest BCUT2D eigenvalue weighted by Crippen LogP contribution is 2.24. The smallest absolute Gasteiger partial charge is 0.273 e. The van der Waals surface area contributed by atoms with E-state index in [0.717, 1.165) is 32.5 Å². The molecule has 1 aliphatic heterocycles. The van der Waals surface area contributed by atoms with Crippen LogP contribution in [0.2, 0.25) is 0 Å². The number of nitrogens with one attached hydrogen (secondary N) is 1. The second-order valence-electron chi connectivity index (χ2n) is 6.35. The summed E-state index contributed by atoms with van der Waals surface area (Å²) in [5.41, 5.74) is 0.368. The summed E-state index contributed by atoms with van der Waals surface area (Å²) < 4.78 is 6.77. The largest absolute Gasteiger partial charge is 0.383 e. The van der Waals surface area contributed by atoms with Crippen LogP contribution in [0, 0.1) is 6.92 Å². The third kappa shape index (κ3) is 4.87. The number of piperidine rings is 1. The van der Waals surface area contributed by atoms with Gasteiger partial charge in [0.1, 0.15) is 0 Å². The number of hydrogen-bond acceptors (Lipinski definition) is 6. The average molecular weight is 363 g/mol. The van der Waals surface area contributed by atoms with E-state index in [-0.39, 0.29) is 5.91 Å². The molecule has 0 unspecified atom stereocenters. The fourth-order valence-electron chi connectivity index (χ4n) is 3.05. The van der Waals surface area contributed by atoms with Crippen LogP contribution in [-0.2, 0) is 11.3 Å². The summed E-state index contributed by atoms with van der Waals surface area (Å²) in [5.74, 6) is -0.200. The minimum atomic E-state index is -0.200. The first-order chi connectivity index (χ1) is 12.2. The summed E-state index contributed by atoms with van der Waals surface area (Å²) in [5, 5.41) is 10.9. The van der Waals surface area contributed by atoms with Crippen LogP contribution < -0.4 is 5.32 Å². The Morgan fingerprint density at radius 2 is 2.20 bits per heavy atom. The molecule has 2 aromatic rings. The molecule has 3 rings (SSSR count). The van der Waals surface area contributed by atoms with Crippen LogP contribution in [0.25, 0.3) is 0 Å². The molecule has 0 aromatic carbocycles. The molecule has 25 heavy (non-hydrogen) atoms. The first-order valence-corrected chi connectivity index (χ1v) is 9.44. The quantitative estimate of drug-likeness (QED) is 0.760. The maximum Gasteiger partial charge on any atom is 0.273 e. The molecule has 1 aliphatic rings. The van der Waals surface area contributed by atoms with Crippen molar-refractivity contribution in [2.75, 3.05) is 33.4 Å². The first kappa shape index (κ1) is 18.0. The zero-order chi connectivity index (χ0) is 17.6. The second kappa shape index (κ2) is 8.55. The Balaban J connectivity index is 1.48. The fraction of sp³-hybridized carbons (Fsp3) is 0.588. The van der Waals surface area contributed by atoms with Crippen LogP contribution >= 0.6 is 11.3 Å². The Kier molecular flexibility index (Phi) is 6.17. The van der Waals surface area contributed by atoms with E-state index < -0.39 is 0 Å². The lowest BCUT2D eigenvalue weighted by Crippen LogP contribution is -2.34. The van der Waals surface area contributed by atoms with Crippen LogP contribution in [0.1, 0.15) is 39.1 Å². The van der Waals surface area contributed by atoms with Gasteiger partial charge in [0.05, 0.1) is 18.8 Å². The molecule has 0 atom stereocenters. The minimum Gasteiger partial charge on any atom is -0.383 e. The van der Waals surface area contributed by atoms with E-state index in [9.17, 15) is 4.79 Å². The van der Waals surface area contributed by atoms with Crippen LogP contribution in [0.5, 0.6) is 0 Å². The van der Waals surface area contributed by atoms with E-state index in [2.05, 4.69) is 39.6 Å². The van der Waals surface area contributed by atoms with Gasteiger partial charge in [-0.15, -0.1) is 16.4 Å². The Morgan fingerprint density at radius 1 is 1.40 bits per heavy atom. The summed E-state index contributed by atoms with van der Waals surface area (Å²) in [4.78, 5) is 17.3. The highest BCUT2D eigenvalue weighted by Gasteiger charge is 2.23. The third-order valence-corrected chi connectivity index (χ3v) is 5.43. The molecular formula is C17H25N5O2S. The van der Waals surface area contributed by atoms with Gasteiger partial charge in [-0.05, 0) is 31.9 Å². The lowest BCUT2D eigenvalue weighted by molar-refractivity contribution is 0.0932. The molecule has 1 saturated heterocycles. The van der Waals surface area contributed by atoms with Gasteiger partial charge in [0.15, 0.2) is 5.69 Å². The molecule has 7 nitrogen and oxygen atoms in total. The van der Waals surface area contributed by atoms with Crippen LogP contribution in [-0.4, -0.2) is 59.2 Å². The number of nitrogens with zero attached hydrogens (tertiary/aromatic N) is 4. The number of methoxy groups -OCH3 is 1. The Labute approximate surface area is 152 Å². The zero-order valence-electron chi connectivity index (χ0n) is 14.8. The molecule has 0 radical (unpaired) electrons. The Morgan fingerprint density at radius 3 is 2.88 bits per heavy atom. The molecule has 1 N–H and O–H groups in total. The molecule has 0 bridgehead atoms. The molecule has 8 heteroatoms. The Bertz CT molecular complexity index is 691. The van der Waals surface area contributed by atoms with E-state index in [0.29, 0.717) is 24.9 Å². The van der Waals surface area contributed by atoms with Gasteiger partial charge in [-0.2, -0.15) is 0 Å². The van der Waals surface area contributed by atoms with Gasteiger partial charge in [0, 0.05) is 43.0 Å². The number of aromatic nitrogens is 3. The van der Waals surface area contributed by atoms with Crippen molar-refractivity contribution in [2.45, 2.75) is 32.4 Å². The molecule has 2 aromatic heterocycles. The Hall–Kier alpha value is -1.77. The topological polar surface area (TPSA) is 72.3 Å². The standard InChI is InChI=1S/C17H25N5O2S/c1-13-3-4-15(25-13)11-21-8-5-14(6-9-21)22-12-16(19-20-22)17(23)18-7-10-24-2/h3-4,12,14H,5-11H2,1-2H3,(H,18,23). The van der Waals surface area contributed by atoms with Crippen molar-refractivity contribution in [1.82, 2.24) is 25.2 Å². The lowest BCUT2D eigenvalue weighted by atomic mass is 10.1. The number of rotatable bonds is 7. The molecular weight excluding hydrogens is 338 g/mol. The number of ether oxygens (including phenoxy) is 1. The molecule has 0 spiro atoms. The van der Waals surface area contributed by atoms with Crippen molar-refractivity contribution in [1.29, 1.82) is 0 Å². The van der Waals surface area contributed by atoms with Crippen molar-refractivity contribution in [2.24, 2.45) is 0 Å². The van der Waals surface area contributed by atoms with E-state index in [1.54, 1.807) is 13.3 Å². The number of likely N-dealkylation sites (tertiary alicyclic amines) is 1. The molecule has 1 fully saturated rings. The van der Waals surface area contributed by atoms with Crippen molar-refractivity contribution < 1.29 is 9.53 Å². The van der Waals surface area contributed by atoms with Gasteiger partial charge in [0.25, 0.3) is 5.91 Å². The van der Waals surface area contributed by atoms with E-state index >= 15 is 0 Å². The number of aryl methyl sites for hydroxylation is 1. The summed E-state index contributed by atoms with van der Waals surface area (Å²) in [6.07, 6.45) is 3.81. The van der Waals surface area contributed by atoms with Crippen LogP contribution in [0.4, 0.5) is 0 Å². The van der Waals surface area contributed by atoms with Gasteiger partial charge in [0.2, 0.25) is 0 Å². The zero-order valence-corrected chi connectivity index (χ0v) is 15.6. The lowest BCUT2D eigenvalue weighted by Gasteiger charge is -2.31. The summed E-state index contributed by atoms with van der Waals surface area (Å²) in [6, 6.07) is 4.72. The molecule has 0 saturated carbocycles.